The highest BCUT2D eigenvalue weighted by Crippen LogP contribution is 2.18. The van der Waals surface area contributed by atoms with Crippen LogP contribution in [0.15, 0.2) is 30.6 Å². The standard InChI is InChI=1S/C18H26N6O/c1-14(17-22-20-13-23(17)2)21-18(25)19-9-5-10-24-11-8-15-6-3-4-7-16(15)12-24/h3-4,6-7,13-14H,5,8-12H2,1-2H3,(H2,19,21,25)/t14-/m1/s1. The van der Waals surface area contributed by atoms with E-state index in [0.717, 1.165) is 38.3 Å². The molecule has 1 aliphatic heterocycles. The minimum absolute atomic E-state index is 0.167. The van der Waals surface area contributed by atoms with Crippen molar-refractivity contribution in [3.05, 3.63) is 47.5 Å². The van der Waals surface area contributed by atoms with E-state index in [4.69, 9.17) is 0 Å². The average molecular weight is 342 g/mol. The van der Waals surface area contributed by atoms with Crippen LogP contribution >= 0.6 is 0 Å². The second-order valence-electron chi connectivity index (χ2n) is 6.57. The molecule has 2 heterocycles. The van der Waals surface area contributed by atoms with Crippen molar-refractivity contribution in [2.75, 3.05) is 19.6 Å². The van der Waals surface area contributed by atoms with Gasteiger partial charge in [-0.2, -0.15) is 0 Å². The monoisotopic (exact) mass is 342 g/mol. The number of nitrogens with zero attached hydrogens (tertiary/aromatic N) is 4. The number of carbonyl (C=O) groups excluding carboxylic acids is 1. The van der Waals surface area contributed by atoms with Crippen molar-refractivity contribution < 1.29 is 4.79 Å². The first-order valence-electron chi connectivity index (χ1n) is 8.81. The average Bonchev–Trinajstić information content (AvgIpc) is 3.04. The van der Waals surface area contributed by atoms with Crippen LogP contribution in [-0.2, 0) is 20.0 Å². The van der Waals surface area contributed by atoms with Crippen molar-refractivity contribution >= 4 is 6.03 Å². The summed E-state index contributed by atoms with van der Waals surface area (Å²) in [5.74, 6) is 0.738. The molecule has 7 nitrogen and oxygen atoms in total. The number of carbonyl (C=O) groups is 1. The van der Waals surface area contributed by atoms with Crippen molar-refractivity contribution in [2.45, 2.75) is 32.4 Å². The van der Waals surface area contributed by atoms with Gasteiger partial charge in [0.2, 0.25) is 0 Å². The molecule has 0 fully saturated rings. The number of aromatic nitrogens is 3. The Kier molecular flexibility index (Phi) is 5.65. The van der Waals surface area contributed by atoms with Gasteiger partial charge in [-0.3, -0.25) is 4.90 Å². The molecule has 1 aromatic heterocycles. The Morgan fingerprint density at radius 3 is 2.88 bits per heavy atom. The van der Waals surface area contributed by atoms with Crippen molar-refractivity contribution in [3.8, 4) is 0 Å². The third-order valence-corrected chi connectivity index (χ3v) is 4.63. The van der Waals surface area contributed by atoms with E-state index < -0.39 is 0 Å². The molecular formula is C18H26N6O. The van der Waals surface area contributed by atoms with Gasteiger partial charge in [0.15, 0.2) is 5.82 Å². The van der Waals surface area contributed by atoms with Gasteiger partial charge in [0, 0.05) is 33.2 Å². The van der Waals surface area contributed by atoms with Crippen molar-refractivity contribution in [3.63, 3.8) is 0 Å². The zero-order valence-corrected chi connectivity index (χ0v) is 14.9. The van der Waals surface area contributed by atoms with Crippen LogP contribution in [-0.4, -0.2) is 45.3 Å². The lowest BCUT2D eigenvalue weighted by molar-refractivity contribution is 0.232. The van der Waals surface area contributed by atoms with Crippen molar-refractivity contribution in [2.24, 2.45) is 7.05 Å². The van der Waals surface area contributed by atoms with Crippen LogP contribution in [0.2, 0.25) is 0 Å². The first-order valence-corrected chi connectivity index (χ1v) is 8.81. The molecule has 25 heavy (non-hydrogen) atoms. The van der Waals surface area contributed by atoms with Crippen LogP contribution in [0.1, 0.15) is 36.3 Å². The van der Waals surface area contributed by atoms with Gasteiger partial charge >= 0.3 is 6.03 Å². The summed E-state index contributed by atoms with van der Waals surface area (Å²) in [4.78, 5) is 14.4. The van der Waals surface area contributed by atoms with Gasteiger partial charge in [-0.05, 0) is 30.9 Å². The smallest absolute Gasteiger partial charge is 0.315 e. The Hall–Kier alpha value is -2.41. The molecule has 2 N–H and O–H groups in total. The molecule has 1 aromatic carbocycles. The molecule has 1 aliphatic rings. The van der Waals surface area contributed by atoms with E-state index in [0.29, 0.717) is 6.54 Å². The fourth-order valence-electron chi connectivity index (χ4n) is 3.25. The number of hydrogen-bond acceptors (Lipinski definition) is 4. The summed E-state index contributed by atoms with van der Waals surface area (Å²) in [5, 5.41) is 13.6. The van der Waals surface area contributed by atoms with Crippen LogP contribution in [0.5, 0.6) is 0 Å². The normalized spacial score (nSPS) is 15.4. The summed E-state index contributed by atoms with van der Waals surface area (Å²) in [5.41, 5.74) is 2.89. The number of rotatable bonds is 6. The molecular weight excluding hydrogens is 316 g/mol. The molecule has 0 spiro atoms. The first-order chi connectivity index (χ1) is 12.1. The van der Waals surface area contributed by atoms with E-state index in [-0.39, 0.29) is 12.1 Å². The summed E-state index contributed by atoms with van der Waals surface area (Å²) in [7, 11) is 1.86. The summed E-state index contributed by atoms with van der Waals surface area (Å²) >= 11 is 0. The topological polar surface area (TPSA) is 75.1 Å². The van der Waals surface area contributed by atoms with Gasteiger partial charge in [0.1, 0.15) is 6.33 Å². The summed E-state index contributed by atoms with van der Waals surface area (Å²) in [6, 6.07) is 8.30. The maximum atomic E-state index is 12.0. The molecule has 0 radical (unpaired) electrons. The van der Waals surface area contributed by atoms with Crippen LogP contribution in [0.25, 0.3) is 0 Å². The SMILES string of the molecule is C[C@@H](NC(=O)NCCCN1CCc2ccccc2C1)c1nncn1C. The Balaban J connectivity index is 1.35. The van der Waals surface area contributed by atoms with E-state index in [1.165, 1.54) is 11.1 Å². The minimum Gasteiger partial charge on any atom is -0.338 e. The second-order valence-corrected chi connectivity index (χ2v) is 6.57. The molecule has 0 saturated carbocycles. The molecule has 134 valence electrons. The first kappa shape index (κ1) is 17.4. The highest BCUT2D eigenvalue weighted by molar-refractivity contribution is 5.74. The third kappa shape index (κ3) is 4.57. The predicted molar refractivity (Wildman–Crippen MR) is 96.0 cm³/mol. The van der Waals surface area contributed by atoms with Gasteiger partial charge in [0.05, 0.1) is 6.04 Å². The number of urea groups is 1. The number of benzene rings is 1. The molecule has 0 unspecified atom stereocenters. The number of amides is 2. The highest BCUT2D eigenvalue weighted by atomic mass is 16.2. The van der Waals surface area contributed by atoms with Gasteiger partial charge in [-0.25, -0.2) is 4.79 Å². The molecule has 0 aliphatic carbocycles. The second kappa shape index (κ2) is 8.11. The van der Waals surface area contributed by atoms with Crippen LogP contribution in [0, 0.1) is 0 Å². The van der Waals surface area contributed by atoms with Crippen LogP contribution in [0.3, 0.4) is 0 Å². The molecule has 7 heteroatoms. The van der Waals surface area contributed by atoms with Gasteiger partial charge in [-0.1, -0.05) is 24.3 Å². The molecule has 3 rings (SSSR count). The minimum atomic E-state index is -0.175. The van der Waals surface area contributed by atoms with Gasteiger partial charge in [0.25, 0.3) is 0 Å². The van der Waals surface area contributed by atoms with Crippen LogP contribution in [0.4, 0.5) is 4.79 Å². The Bertz CT molecular complexity index is 713. The summed E-state index contributed by atoms with van der Waals surface area (Å²) in [6.45, 7) is 5.65. The van der Waals surface area contributed by atoms with E-state index >= 15 is 0 Å². The quantitative estimate of drug-likeness (QED) is 0.783. The Morgan fingerprint density at radius 1 is 1.32 bits per heavy atom. The lowest BCUT2D eigenvalue weighted by Gasteiger charge is -2.28. The van der Waals surface area contributed by atoms with Gasteiger partial charge in [-0.15, -0.1) is 10.2 Å². The summed E-state index contributed by atoms with van der Waals surface area (Å²) in [6.07, 6.45) is 3.68. The molecule has 2 amide bonds. The maximum Gasteiger partial charge on any atom is 0.315 e. The zero-order valence-electron chi connectivity index (χ0n) is 14.9. The Labute approximate surface area is 148 Å². The highest BCUT2D eigenvalue weighted by Gasteiger charge is 2.16. The maximum absolute atomic E-state index is 12.0. The largest absolute Gasteiger partial charge is 0.338 e. The van der Waals surface area contributed by atoms with Crippen molar-refractivity contribution in [1.82, 2.24) is 30.3 Å². The van der Waals surface area contributed by atoms with Crippen LogP contribution < -0.4 is 10.6 Å². The summed E-state index contributed by atoms with van der Waals surface area (Å²) < 4.78 is 1.80. The number of nitrogens with one attached hydrogen (secondary N) is 2. The predicted octanol–water partition coefficient (Wildman–Crippen LogP) is 1.62. The van der Waals surface area contributed by atoms with E-state index in [9.17, 15) is 4.79 Å². The molecule has 2 aromatic rings. The number of aryl methyl sites for hydroxylation is 1. The third-order valence-electron chi connectivity index (χ3n) is 4.63. The van der Waals surface area contributed by atoms with Crippen molar-refractivity contribution in [1.29, 1.82) is 0 Å². The van der Waals surface area contributed by atoms with E-state index in [1.54, 1.807) is 10.9 Å². The Morgan fingerprint density at radius 2 is 2.12 bits per heavy atom. The fourth-order valence-corrected chi connectivity index (χ4v) is 3.25. The van der Waals surface area contributed by atoms with Gasteiger partial charge < -0.3 is 15.2 Å². The number of hydrogen-bond donors (Lipinski definition) is 2. The molecule has 0 bridgehead atoms. The molecule has 0 saturated heterocycles. The lowest BCUT2D eigenvalue weighted by atomic mass is 10.00. The lowest BCUT2D eigenvalue weighted by Crippen LogP contribution is -2.39. The number of fused-ring (bicyclic) bond motifs is 1. The van der Waals surface area contributed by atoms with E-state index in [1.807, 2.05) is 14.0 Å². The zero-order chi connectivity index (χ0) is 17.6. The van der Waals surface area contributed by atoms with E-state index in [2.05, 4.69) is 50.0 Å². The fraction of sp³-hybridized carbons (Fsp3) is 0.500. The molecule has 1 atom stereocenters.